The van der Waals surface area contributed by atoms with Crippen LogP contribution in [-0.4, -0.2) is 35.3 Å². The summed E-state index contributed by atoms with van der Waals surface area (Å²) in [6.45, 7) is -0.417. The molecule has 34 heavy (non-hydrogen) atoms. The maximum absolute atomic E-state index is 12.8. The van der Waals surface area contributed by atoms with E-state index in [1.807, 2.05) is 0 Å². The molecule has 9 nitrogen and oxygen atoms in total. The maximum Gasteiger partial charge on any atom is 0.294 e. The lowest BCUT2D eigenvalue weighted by Crippen LogP contribution is -2.36. The first-order valence-electron chi connectivity index (χ1n) is 9.65. The average Bonchev–Trinajstić information content (AvgIpc) is 3.35. The molecule has 172 valence electrons. The fourth-order valence-corrected chi connectivity index (χ4v) is 4.74. The van der Waals surface area contributed by atoms with E-state index in [4.69, 9.17) is 37.1 Å². The Hall–Kier alpha value is -3.47. The van der Waals surface area contributed by atoms with Gasteiger partial charge in [0.2, 0.25) is 12.7 Å². The van der Waals surface area contributed by atoms with E-state index in [0.717, 1.165) is 11.2 Å². The summed E-state index contributed by atoms with van der Waals surface area (Å²) in [7, 11) is 0. The minimum absolute atomic E-state index is 0.0272. The monoisotopic (exact) mass is 518 g/mol. The molecular formula is C22H12Cl2N2O7S. The van der Waals surface area contributed by atoms with Crippen LogP contribution in [0.15, 0.2) is 50.7 Å². The highest BCUT2D eigenvalue weighted by Gasteiger charge is 2.36. The van der Waals surface area contributed by atoms with Crippen LogP contribution in [-0.2, 0) is 9.59 Å². The van der Waals surface area contributed by atoms with E-state index < -0.39 is 29.0 Å². The number of carbonyl (C=O) groups excluding carboxylic acids is 3. The largest absolute Gasteiger partial charge is 0.462 e. The quantitative estimate of drug-likeness (QED) is 0.501. The fourth-order valence-electron chi connectivity index (χ4n) is 3.38. The number of imide groups is 1. The molecule has 0 spiro atoms. The Balaban J connectivity index is 1.34. The van der Waals surface area contributed by atoms with E-state index in [-0.39, 0.29) is 38.3 Å². The van der Waals surface area contributed by atoms with Gasteiger partial charge in [0.05, 0.1) is 20.9 Å². The number of carbonyl (C=O) groups is 3. The molecule has 1 fully saturated rings. The molecule has 12 heteroatoms. The molecule has 1 aromatic heterocycles. The predicted octanol–water partition coefficient (Wildman–Crippen LogP) is 4.50. The Morgan fingerprint density at radius 1 is 1.12 bits per heavy atom. The van der Waals surface area contributed by atoms with Crippen LogP contribution < -0.4 is 20.2 Å². The number of fused-ring (bicyclic) bond motifs is 2. The molecular weight excluding hydrogens is 507 g/mol. The van der Waals surface area contributed by atoms with Gasteiger partial charge in [0, 0.05) is 16.8 Å². The minimum Gasteiger partial charge on any atom is -0.462 e. The molecule has 2 aromatic carbocycles. The third kappa shape index (κ3) is 4.11. The maximum atomic E-state index is 12.8. The van der Waals surface area contributed by atoms with Crippen LogP contribution in [0, 0.1) is 0 Å². The number of hydrogen-bond acceptors (Lipinski definition) is 8. The molecule has 0 aliphatic carbocycles. The van der Waals surface area contributed by atoms with Gasteiger partial charge < -0.3 is 19.2 Å². The topological polar surface area (TPSA) is 115 Å². The van der Waals surface area contributed by atoms with Crippen molar-refractivity contribution in [2.45, 2.75) is 0 Å². The number of hydrogen-bond donors (Lipinski definition) is 1. The van der Waals surface area contributed by atoms with E-state index in [9.17, 15) is 19.2 Å². The number of rotatable bonds is 4. The molecule has 1 N–H and O–H groups in total. The molecule has 3 aromatic rings. The van der Waals surface area contributed by atoms with Gasteiger partial charge in [0.15, 0.2) is 22.5 Å². The second-order valence-corrected chi connectivity index (χ2v) is 9.01. The van der Waals surface area contributed by atoms with Gasteiger partial charge in [0.1, 0.15) is 12.8 Å². The Morgan fingerprint density at radius 3 is 2.74 bits per heavy atom. The van der Waals surface area contributed by atoms with E-state index in [1.54, 1.807) is 18.2 Å². The number of amides is 3. The van der Waals surface area contributed by atoms with Gasteiger partial charge >= 0.3 is 0 Å². The molecule has 0 atom stereocenters. The first kappa shape index (κ1) is 22.3. The Morgan fingerprint density at radius 2 is 1.91 bits per heavy atom. The molecule has 1 saturated heterocycles. The van der Waals surface area contributed by atoms with E-state index >= 15 is 0 Å². The van der Waals surface area contributed by atoms with Crippen molar-refractivity contribution in [3.63, 3.8) is 0 Å². The number of benzene rings is 2. The lowest BCUT2D eigenvalue weighted by Gasteiger charge is -2.12. The zero-order valence-electron chi connectivity index (χ0n) is 16.9. The van der Waals surface area contributed by atoms with Crippen LogP contribution in [0.3, 0.4) is 0 Å². The number of ether oxygens (including phenoxy) is 2. The number of nitrogens with zero attached hydrogens (tertiary/aromatic N) is 1. The molecule has 0 radical (unpaired) electrons. The molecule has 2 aliphatic heterocycles. The van der Waals surface area contributed by atoms with Gasteiger partial charge in [0.25, 0.3) is 11.1 Å². The Bertz CT molecular complexity index is 1480. The number of thioether (sulfide) groups is 1. The molecule has 3 heterocycles. The zero-order valence-corrected chi connectivity index (χ0v) is 19.3. The Labute approximate surface area is 205 Å². The second-order valence-electron chi connectivity index (χ2n) is 7.17. The van der Waals surface area contributed by atoms with Gasteiger partial charge in [-0.05, 0) is 42.1 Å². The van der Waals surface area contributed by atoms with Crippen molar-refractivity contribution in [1.29, 1.82) is 0 Å². The van der Waals surface area contributed by atoms with Gasteiger partial charge in [-0.2, -0.15) is 0 Å². The van der Waals surface area contributed by atoms with Crippen molar-refractivity contribution >= 4 is 74.7 Å². The van der Waals surface area contributed by atoms with Gasteiger partial charge in [-0.3, -0.25) is 24.1 Å². The van der Waals surface area contributed by atoms with E-state index in [1.165, 1.54) is 18.2 Å². The number of anilines is 1. The number of nitrogens with one attached hydrogen (secondary N) is 1. The lowest BCUT2D eigenvalue weighted by atomic mass is 10.1. The third-order valence-corrected chi connectivity index (χ3v) is 6.34. The highest BCUT2D eigenvalue weighted by molar-refractivity contribution is 8.18. The molecule has 0 unspecified atom stereocenters. The van der Waals surface area contributed by atoms with Crippen LogP contribution in [0.1, 0.15) is 5.56 Å². The smallest absolute Gasteiger partial charge is 0.294 e. The first-order valence-corrected chi connectivity index (χ1v) is 11.2. The van der Waals surface area contributed by atoms with Crippen molar-refractivity contribution in [2.24, 2.45) is 0 Å². The summed E-state index contributed by atoms with van der Waals surface area (Å²) >= 11 is 12.6. The normalized spacial score (nSPS) is 16.1. The van der Waals surface area contributed by atoms with E-state index in [0.29, 0.717) is 28.9 Å². The van der Waals surface area contributed by atoms with Crippen LogP contribution in [0.2, 0.25) is 10.0 Å². The van der Waals surface area contributed by atoms with Gasteiger partial charge in [-0.1, -0.05) is 23.2 Å². The second kappa shape index (κ2) is 8.71. The molecule has 0 bridgehead atoms. The van der Waals surface area contributed by atoms with Crippen molar-refractivity contribution in [3.05, 3.63) is 67.3 Å². The standard InChI is InChI=1S/C22H12Cl2N2O7S/c23-11-4-13-19(28)10(8-31-20(13)14(24)5-11)3-17-21(29)26(22(30)34-17)7-18(27)25-12-1-2-15-16(6-12)33-9-32-15/h1-6,8H,7,9H2,(H,25,27)/b17-3-. The SMILES string of the molecule is O=C(CN1C(=O)S/C(=C\c2coc3c(Cl)cc(Cl)cc3c2=O)C1=O)Nc1ccc2c(c1)OCO2. The fraction of sp³-hybridized carbons (Fsp3) is 0.0909. The minimum atomic E-state index is -0.709. The summed E-state index contributed by atoms with van der Waals surface area (Å²) < 4.78 is 15.9. The first-order chi connectivity index (χ1) is 16.3. The summed E-state index contributed by atoms with van der Waals surface area (Å²) in [6, 6.07) is 7.66. The molecule has 0 saturated carbocycles. The summed E-state index contributed by atoms with van der Waals surface area (Å²) in [6.07, 6.45) is 2.38. The van der Waals surface area contributed by atoms with E-state index in [2.05, 4.69) is 5.32 Å². The highest BCUT2D eigenvalue weighted by Crippen LogP contribution is 2.35. The lowest BCUT2D eigenvalue weighted by molar-refractivity contribution is -0.127. The van der Waals surface area contributed by atoms with Crippen LogP contribution >= 0.6 is 35.0 Å². The Kier molecular flexibility index (Phi) is 5.72. The zero-order chi connectivity index (χ0) is 24.0. The van der Waals surface area contributed by atoms with Crippen LogP contribution in [0.4, 0.5) is 10.5 Å². The van der Waals surface area contributed by atoms with Crippen molar-refractivity contribution < 1.29 is 28.3 Å². The van der Waals surface area contributed by atoms with Gasteiger partial charge in [-0.15, -0.1) is 0 Å². The molecule has 5 rings (SSSR count). The van der Waals surface area contributed by atoms with Crippen molar-refractivity contribution in [3.8, 4) is 11.5 Å². The molecule has 3 amide bonds. The summed E-state index contributed by atoms with van der Waals surface area (Å²) in [5.41, 5.74) is 0.128. The number of halogens is 2. The summed E-state index contributed by atoms with van der Waals surface area (Å²) in [4.78, 5) is 51.2. The van der Waals surface area contributed by atoms with Crippen LogP contribution in [0.25, 0.3) is 17.0 Å². The van der Waals surface area contributed by atoms with Crippen molar-refractivity contribution in [1.82, 2.24) is 4.90 Å². The highest BCUT2D eigenvalue weighted by atomic mass is 35.5. The summed E-state index contributed by atoms with van der Waals surface area (Å²) in [5.74, 6) is -0.267. The summed E-state index contributed by atoms with van der Waals surface area (Å²) in [5, 5.41) is 2.51. The predicted molar refractivity (Wildman–Crippen MR) is 126 cm³/mol. The molecule has 2 aliphatic rings. The van der Waals surface area contributed by atoms with Crippen molar-refractivity contribution in [2.75, 3.05) is 18.7 Å². The third-order valence-electron chi connectivity index (χ3n) is 4.94. The van der Waals surface area contributed by atoms with Crippen LogP contribution in [0.5, 0.6) is 11.5 Å². The van der Waals surface area contributed by atoms with Gasteiger partial charge in [-0.25, -0.2) is 0 Å². The average molecular weight is 519 g/mol.